The lowest BCUT2D eigenvalue weighted by Crippen LogP contribution is -2.67. The van der Waals surface area contributed by atoms with Crippen LogP contribution in [-0.2, 0) is 6.54 Å². The number of benzene rings is 1. The van der Waals surface area contributed by atoms with E-state index in [4.69, 9.17) is 0 Å². The molecule has 118 valence electrons. The van der Waals surface area contributed by atoms with Crippen LogP contribution in [-0.4, -0.2) is 29.1 Å². The van der Waals surface area contributed by atoms with Crippen molar-refractivity contribution >= 4 is 0 Å². The second-order valence-corrected chi connectivity index (χ2v) is 7.43. The van der Waals surface area contributed by atoms with Crippen molar-refractivity contribution in [3.05, 3.63) is 34.9 Å². The summed E-state index contributed by atoms with van der Waals surface area (Å²) in [4.78, 5) is 2.67. The first-order valence-corrected chi connectivity index (χ1v) is 8.38. The molecule has 1 N–H and O–H groups in total. The van der Waals surface area contributed by atoms with Crippen molar-refractivity contribution in [3.63, 3.8) is 0 Å². The van der Waals surface area contributed by atoms with Gasteiger partial charge in [0.1, 0.15) is 0 Å². The van der Waals surface area contributed by atoms with Crippen LogP contribution in [0.2, 0.25) is 0 Å². The number of nitrogens with zero attached hydrogens (tertiary/aromatic N) is 1. The van der Waals surface area contributed by atoms with Gasteiger partial charge in [0.05, 0.1) is 0 Å². The largest absolute Gasteiger partial charge is 0.308 e. The Balaban J connectivity index is 2.20. The van der Waals surface area contributed by atoms with E-state index in [1.54, 1.807) is 0 Å². The van der Waals surface area contributed by atoms with Gasteiger partial charge in [-0.1, -0.05) is 32.0 Å². The molecular formula is C19H32N2. The molecule has 1 aliphatic heterocycles. The minimum absolute atomic E-state index is 0.215. The molecule has 1 aliphatic rings. The van der Waals surface area contributed by atoms with Gasteiger partial charge in [-0.25, -0.2) is 0 Å². The summed E-state index contributed by atoms with van der Waals surface area (Å²) in [7, 11) is 0. The lowest BCUT2D eigenvalue weighted by molar-refractivity contribution is 0.0161. The molecule has 0 saturated carbocycles. The summed E-state index contributed by atoms with van der Waals surface area (Å²) in [6.45, 7) is 17.0. The maximum Gasteiger partial charge on any atom is 0.0304 e. The third-order valence-corrected chi connectivity index (χ3v) is 5.54. The molecule has 0 spiro atoms. The topological polar surface area (TPSA) is 15.3 Å². The summed E-state index contributed by atoms with van der Waals surface area (Å²) in [6.07, 6.45) is 2.39. The molecule has 1 saturated heterocycles. The Bertz CT molecular complexity index is 486. The molecule has 1 fully saturated rings. The highest BCUT2D eigenvalue weighted by Crippen LogP contribution is 2.29. The van der Waals surface area contributed by atoms with Crippen LogP contribution in [0.15, 0.2) is 18.2 Å². The van der Waals surface area contributed by atoms with E-state index in [-0.39, 0.29) is 11.1 Å². The van der Waals surface area contributed by atoms with E-state index in [2.05, 4.69) is 70.0 Å². The average molecular weight is 288 g/mol. The Hall–Kier alpha value is -0.860. The van der Waals surface area contributed by atoms with Gasteiger partial charge in [-0.15, -0.1) is 0 Å². The van der Waals surface area contributed by atoms with Gasteiger partial charge < -0.3 is 5.32 Å². The van der Waals surface area contributed by atoms with E-state index in [0.717, 1.165) is 19.6 Å². The maximum absolute atomic E-state index is 3.82. The average Bonchev–Trinajstić information content (AvgIpc) is 2.45. The van der Waals surface area contributed by atoms with Crippen LogP contribution in [0.4, 0.5) is 0 Å². The van der Waals surface area contributed by atoms with Crippen molar-refractivity contribution in [1.29, 1.82) is 0 Å². The fourth-order valence-corrected chi connectivity index (χ4v) is 3.27. The second kappa shape index (κ2) is 6.10. The van der Waals surface area contributed by atoms with Gasteiger partial charge in [-0.05, 0) is 57.2 Å². The molecule has 0 amide bonds. The zero-order chi connectivity index (χ0) is 15.7. The van der Waals surface area contributed by atoms with Gasteiger partial charge in [-0.2, -0.15) is 0 Å². The predicted molar refractivity (Wildman–Crippen MR) is 91.7 cm³/mol. The van der Waals surface area contributed by atoms with Crippen molar-refractivity contribution in [3.8, 4) is 0 Å². The Kier molecular flexibility index (Phi) is 4.79. The first-order chi connectivity index (χ1) is 9.82. The van der Waals surface area contributed by atoms with E-state index in [1.165, 1.54) is 29.5 Å². The molecular weight excluding hydrogens is 256 g/mol. The number of rotatable bonds is 4. The molecule has 0 radical (unpaired) electrons. The van der Waals surface area contributed by atoms with Gasteiger partial charge >= 0.3 is 0 Å². The monoisotopic (exact) mass is 288 g/mol. The van der Waals surface area contributed by atoms with Crippen LogP contribution in [0.5, 0.6) is 0 Å². The van der Waals surface area contributed by atoms with Crippen molar-refractivity contribution in [1.82, 2.24) is 10.2 Å². The van der Waals surface area contributed by atoms with Crippen LogP contribution >= 0.6 is 0 Å². The fourth-order valence-electron chi connectivity index (χ4n) is 3.27. The standard InChI is InChI=1S/C19H32N2/c1-7-19(8-2)14-21(18(5,6)13-20-19)12-17-10-9-15(3)16(4)11-17/h9-11,20H,7-8,12-14H2,1-6H3. The van der Waals surface area contributed by atoms with E-state index in [9.17, 15) is 0 Å². The van der Waals surface area contributed by atoms with E-state index in [0.29, 0.717) is 0 Å². The van der Waals surface area contributed by atoms with Crippen molar-refractivity contribution in [2.45, 2.75) is 72.0 Å². The third kappa shape index (κ3) is 3.49. The molecule has 2 rings (SSSR count). The van der Waals surface area contributed by atoms with Gasteiger partial charge in [0.2, 0.25) is 0 Å². The van der Waals surface area contributed by atoms with Crippen LogP contribution < -0.4 is 5.32 Å². The van der Waals surface area contributed by atoms with Crippen LogP contribution in [0.3, 0.4) is 0 Å². The van der Waals surface area contributed by atoms with E-state index in [1.807, 2.05) is 0 Å². The van der Waals surface area contributed by atoms with E-state index >= 15 is 0 Å². The highest BCUT2D eigenvalue weighted by Gasteiger charge is 2.40. The van der Waals surface area contributed by atoms with Crippen LogP contribution in [0.1, 0.15) is 57.2 Å². The number of hydrogen-bond acceptors (Lipinski definition) is 2. The Morgan fingerprint density at radius 3 is 2.33 bits per heavy atom. The Morgan fingerprint density at radius 1 is 1.10 bits per heavy atom. The molecule has 0 atom stereocenters. The summed E-state index contributed by atoms with van der Waals surface area (Å²) in [6, 6.07) is 6.90. The highest BCUT2D eigenvalue weighted by atomic mass is 15.3. The van der Waals surface area contributed by atoms with Crippen molar-refractivity contribution in [2.24, 2.45) is 0 Å². The normalized spacial score (nSPS) is 21.4. The van der Waals surface area contributed by atoms with Crippen molar-refractivity contribution in [2.75, 3.05) is 13.1 Å². The molecule has 0 aromatic heterocycles. The number of piperazine rings is 1. The zero-order valence-electron chi connectivity index (χ0n) is 14.7. The first-order valence-electron chi connectivity index (χ1n) is 8.38. The molecule has 0 aliphatic carbocycles. The molecule has 1 aromatic carbocycles. The quantitative estimate of drug-likeness (QED) is 0.899. The van der Waals surface area contributed by atoms with Gasteiger partial charge in [0.25, 0.3) is 0 Å². The summed E-state index contributed by atoms with van der Waals surface area (Å²) in [5.41, 5.74) is 4.73. The molecule has 1 aromatic rings. The molecule has 2 nitrogen and oxygen atoms in total. The zero-order valence-corrected chi connectivity index (χ0v) is 14.7. The SMILES string of the molecule is CCC1(CC)CN(Cc2ccc(C)c(C)c2)C(C)(C)CN1. The lowest BCUT2D eigenvalue weighted by atomic mass is 9.84. The maximum atomic E-state index is 3.82. The third-order valence-electron chi connectivity index (χ3n) is 5.54. The van der Waals surface area contributed by atoms with E-state index < -0.39 is 0 Å². The predicted octanol–water partition coefficient (Wildman–Crippen LogP) is 4.05. The number of aryl methyl sites for hydroxylation is 2. The van der Waals surface area contributed by atoms with Gasteiger partial charge in [-0.3, -0.25) is 4.90 Å². The molecule has 0 bridgehead atoms. The van der Waals surface area contributed by atoms with Gasteiger partial charge in [0, 0.05) is 30.7 Å². The van der Waals surface area contributed by atoms with Gasteiger partial charge in [0.15, 0.2) is 0 Å². The van der Waals surface area contributed by atoms with Crippen molar-refractivity contribution < 1.29 is 0 Å². The number of hydrogen-bond donors (Lipinski definition) is 1. The minimum atomic E-state index is 0.215. The lowest BCUT2D eigenvalue weighted by Gasteiger charge is -2.52. The summed E-state index contributed by atoms with van der Waals surface area (Å²) >= 11 is 0. The Morgan fingerprint density at radius 2 is 1.76 bits per heavy atom. The smallest absolute Gasteiger partial charge is 0.0304 e. The minimum Gasteiger partial charge on any atom is -0.308 e. The second-order valence-electron chi connectivity index (χ2n) is 7.43. The summed E-state index contributed by atoms with van der Waals surface area (Å²) < 4.78 is 0. The molecule has 1 heterocycles. The fraction of sp³-hybridized carbons (Fsp3) is 0.684. The highest BCUT2D eigenvalue weighted by molar-refractivity contribution is 5.30. The Labute approximate surface area is 130 Å². The molecule has 0 unspecified atom stereocenters. The summed E-state index contributed by atoms with van der Waals surface area (Å²) in [5, 5.41) is 3.82. The summed E-state index contributed by atoms with van der Waals surface area (Å²) in [5.74, 6) is 0. The van der Waals surface area contributed by atoms with Crippen LogP contribution in [0, 0.1) is 13.8 Å². The molecule has 21 heavy (non-hydrogen) atoms. The van der Waals surface area contributed by atoms with Crippen LogP contribution in [0.25, 0.3) is 0 Å². The number of nitrogens with one attached hydrogen (secondary N) is 1. The first kappa shape index (κ1) is 16.5. The molecule has 2 heteroatoms.